The third-order valence-corrected chi connectivity index (χ3v) is 9.11. The first-order chi connectivity index (χ1) is 12.6. The number of ketones is 1. The number of hydrogen-bond acceptors (Lipinski definition) is 6. The highest BCUT2D eigenvalue weighted by Crippen LogP contribution is 2.64. The summed E-state index contributed by atoms with van der Waals surface area (Å²) in [6, 6.07) is 3.56. The van der Waals surface area contributed by atoms with E-state index in [-0.39, 0.29) is 23.1 Å². The first-order valence-electron chi connectivity index (χ1n) is 9.62. The van der Waals surface area contributed by atoms with Crippen molar-refractivity contribution in [3.63, 3.8) is 0 Å². The molecule has 0 aromatic carbocycles. The van der Waals surface area contributed by atoms with Crippen molar-refractivity contribution in [2.75, 3.05) is 18.8 Å². The fraction of sp³-hybridized carbons (Fsp3) is 0.737. The number of carbonyl (C=O) groups excluding carboxylic acids is 1. The van der Waals surface area contributed by atoms with Crippen LogP contribution in [0.25, 0.3) is 0 Å². The van der Waals surface area contributed by atoms with Crippen LogP contribution in [0.2, 0.25) is 0 Å². The fourth-order valence-corrected chi connectivity index (χ4v) is 7.44. The molecule has 2 heterocycles. The Labute approximate surface area is 160 Å². The largest absolute Gasteiger partial charge is 0.472 e. The second-order valence-corrected chi connectivity index (χ2v) is 10.8. The minimum absolute atomic E-state index is 0.0700. The molecule has 3 fully saturated rings. The van der Waals surface area contributed by atoms with Crippen LogP contribution in [0.3, 0.4) is 0 Å². The number of aryl methyl sites for hydroxylation is 1. The standard InChI is InChI=1S/C19H27N3O4S/c1-13-4-5-17(21-20-13)26-15-7-9-22(11-15)27(24,25)12-19-8-6-14(10-16(19)23)18(19,2)3/h4-5,14-15H,6-12H2,1-3H3. The van der Waals surface area contributed by atoms with Gasteiger partial charge in [-0.3, -0.25) is 4.79 Å². The zero-order valence-corrected chi connectivity index (χ0v) is 17.0. The second-order valence-electron chi connectivity index (χ2n) is 8.82. The molecule has 4 rings (SSSR count). The van der Waals surface area contributed by atoms with Gasteiger partial charge in [-0.25, -0.2) is 8.42 Å². The first kappa shape index (κ1) is 18.8. The molecule has 0 radical (unpaired) electrons. The van der Waals surface area contributed by atoms with Crippen molar-refractivity contribution < 1.29 is 17.9 Å². The summed E-state index contributed by atoms with van der Waals surface area (Å²) in [5.74, 6) is 0.790. The molecule has 27 heavy (non-hydrogen) atoms. The van der Waals surface area contributed by atoms with Gasteiger partial charge in [0.25, 0.3) is 0 Å². The first-order valence-corrected chi connectivity index (χ1v) is 11.2. The number of rotatable bonds is 5. The molecule has 3 atom stereocenters. The maximum absolute atomic E-state index is 13.1. The Morgan fingerprint density at radius 1 is 1.26 bits per heavy atom. The Hall–Kier alpha value is -1.54. The minimum atomic E-state index is -3.53. The van der Waals surface area contributed by atoms with Gasteiger partial charge in [-0.2, -0.15) is 9.40 Å². The quantitative estimate of drug-likeness (QED) is 0.760. The molecule has 148 valence electrons. The highest BCUT2D eigenvalue weighted by atomic mass is 32.2. The fourth-order valence-electron chi connectivity index (χ4n) is 5.18. The predicted molar refractivity (Wildman–Crippen MR) is 99.7 cm³/mol. The van der Waals surface area contributed by atoms with Crippen LogP contribution in [0.5, 0.6) is 5.88 Å². The summed E-state index contributed by atoms with van der Waals surface area (Å²) in [4.78, 5) is 12.7. The van der Waals surface area contributed by atoms with Crippen LogP contribution >= 0.6 is 0 Å². The number of carbonyl (C=O) groups is 1. The average molecular weight is 394 g/mol. The maximum Gasteiger partial charge on any atom is 0.233 e. The summed E-state index contributed by atoms with van der Waals surface area (Å²) in [6.07, 6.45) is 2.54. The van der Waals surface area contributed by atoms with Crippen molar-refractivity contribution >= 4 is 15.8 Å². The van der Waals surface area contributed by atoms with E-state index in [4.69, 9.17) is 4.74 Å². The molecule has 0 amide bonds. The number of Topliss-reactive ketones (excluding diaryl/α,β-unsaturated/α-hetero) is 1. The van der Waals surface area contributed by atoms with E-state index in [2.05, 4.69) is 24.0 Å². The minimum Gasteiger partial charge on any atom is -0.472 e. The summed E-state index contributed by atoms with van der Waals surface area (Å²) in [6.45, 7) is 6.69. The summed E-state index contributed by atoms with van der Waals surface area (Å²) in [5, 5.41) is 7.95. The van der Waals surface area contributed by atoms with E-state index in [0.29, 0.717) is 44.1 Å². The van der Waals surface area contributed by atoms with Gasteiger partial charge >= 0.3 is 0 Å². The molecule has 1 aromatic heterocycles. The molecular weight excluding hydrogens is 366 g/mol. The number of nitrogens with zero attached hydrogens (tertiary/aromatic N) is 3. The van der Waals surface area contributed by atoms with Crippen LogP contribution in [-0.2, 0) is 14.8 Å². The van der Waals surface area contributed by atoms with Gasteiger partial charge in [-0.05, 0) is 43.6 Å². The summed E-state index contributed by atoms with van der Waals surface area (Å²) >= 11 is 0. The number of sulfonamides is 1. The van der Waals surface area contributed by atoms with Gasteiger partial charge in [-0.1, -0.05) is 13.8 Å². The van der Waals surface area contributed by atoms with Crippen LogP contribution < -0.4 is 4.74 Å². The van der Waals surface area contributed by atoms with Crippen molar-refractivity contribution in [2.45, 2.75) is 52.6 Å². The molecule has 2 aliphatic carbocycles. The lowest BCUT2D eigenvalue weighted by Crippen LogP contribution is -2.46. The molecule has 3 unspecified atom stereocenters. The number of aromatic nitrogens is 2. The monoisotopic (exact) mass is 393 g/mol. The van der Waals surface area contributed by atoms with Gasteiger partial charge in [0.15, 0.2) is 0 Å². The third-order valence-electron chi connectivity index (χ3n) is 7.13. The predicted octanol–water partition coefficient (Wildman–Crippen LogP) is 1.96. The van der Waals surface area contributed by atoms with Crippen LogP contribution in [0, 0.1) is 23.7 Å². The Kier molecular flexibility index (Phi) is 4.34. The Morgan fingerprint density at radius 2 is 2.04 bits per heavy atom. The lowest BCUT2D eigenvalue weighted by atomic mass is 9.70. The van der Waals surface area contributed by atoms with Crippen LogP contribution in [-0.4, -0.2) is 53.6 Å². The average Bonchev–Trinajstić information content (AvgIpc) is 3.20. The zero-order chi connectivity index (χ0) is 19.4. The van der Waals surface area contributed by atoms with Crippen LogP contribution in [0.15, 0.2) is 12.1 Å². The van der Waals surface area contributed by atoms with E-state index in [1.165, 1.54) is 4.31 Å². The molecule has 1 aromatic rings. The lowest BCUT2D eigenvalue weighted by molar-refractivity contribution is -0.128. The van der Waals surface area contributed by atoms with Crippen molar-refractivity contribution in [3.8, 4) is 5.88 Å². The van der Waals surface area contributed by atoms with E-state index >= 15 is 0 Å². The molecule has 2 bridgehead atoms. The Morgan fingerprint density at radius 3 is 2.63 bits per heavy atom. The maximum atomic E-state index is 13.1. The molecule has 1 aliphatic heterocycles. The molecule has 2 saturated carbocycles. The van der Waals surface area contributed by atoms with Gasteiger partial charge in [-0.15, -0.1) is 5.10 Å². The highest BCUT2D eigenvalue weighted by molar-refractivity contribution is 7.89. The van der Waals surface area contributed by atoms with Gasteiger partial charge in [0.1, 0.15) is 11.9 Å². The molecule has 7 nitrogen and oxygen atoms in total. The van der Waals surface area contributed by atoms with E-state index in [0.717, 1.165) is 12.1 Å². The third kappa shape index (κ3) is 2.97. The van der Waals surface area contributed by atoms with E-state index in [1.54, 1.807) is 6.07 Å². The highest BCUT2D eigenvalue weighted by Gasteiger charge is 2.65. The van der Waals surface area contributed by atoms with E-state index < -0.39 is 15.4 Å². The molecule has 1 saturated heterocycles. The van der Waals surface area contributed by atoms with E-state index in [9.17, 15) is 13.2 Å². The molecule has 0 N–H and O–H groups in total. The van der Waals surface area contributed by atoms with Crippen LogP contribution in [0.1, 0.15) is 45.2 Å². The SMILES string of the molecule is Cc1ccc(OC2CCN(S(=O)(=O)CC34CCC(CC3=O)C4(C)C)C2)nn1. The molecule has 3 aliphatic rings. The van der Waals surface area contributed by atoms with Gasteiger partial charge < -0.3 is 4.74 Å². The Bertz CT molecular complexity index is 852. The summed E-state index contributed by atoms with van der Waals surface area (Å²) in [5.41, 5.74) is -0.168. The normalized spacial score (nSPS) is 32.9. The zero-order valence-electron chi connectivity index (χ0n) is 16.1. The van der Waals surface area contributed by atoms with E-state index in [1.807, 2.05) is 13.0 Å². The molecular formula is C19H27N3O4S. The molecule has 8 heteroatoms. The van der Waals surface area contributed by atoms with Crippen LogP contribution in [0.4, 0.5) is 0 Å². The number of ether oxygens (including phenoxy) is 1. The smallest absolute Gasteiger partial charge is 0.233 e. The van der Waals surface area contributed by atoms with Crippen molar-refractivity contribution in [1.29, 1.82) is 0 Å². The lowest BCUT2D eigenvalue weighted by Gasteiger charge is -2.37. The van der Waals surface area contributed by atoms with Crippen molar-refractivity contribution in [3.05, 3.63) is 17.8 Å². The molecule has 0 spiro atoms. The van der Waals surface area contributed by atoms with Crippen molar-refractivity contribution in [1.82, 2.24) is 14.5 Å². The summed E-state index contributed by atoms with van der Waals surface area (Å²) < 4.78 is 33.6. The Balaban J connectivity index is 1.46. The summed E-state index contributed by atoms with van der Waals surface area (Å²) in [7, 11) is -3.53. The van der Waals surface area contributed by atoms with Gasteiger partial charge in [0.2, 0.25) is 15.9 Å². The second kappa shape index (κ2) is 6.24. The topological polar surface area (TPSA) is 89.5 Å². The van der Waals surface area contributed by atoms with Crippen molar-refractivity contribution in [2.24, 2.45) is 16.7 Å². The van der Waals surface area contributed by atoms with Gasteiger partial charge in [0, 0.05) is 24.4 Å². The number of hydrogen-bond donors (Lipinski definition) is 0. The van der Waals surface area contributed by atoms with Gasteiger partial charge in [0.05, 0.1) is 18.0 Å². The number of fused-ring (bicyclic) bond motifs is 2.